The van der Waals surface area contributed by atoms with Gasteiger partial charge in [-0.05, 0) is 19.3 Å². The Morgan fingerprint density at radius 1 is 0.565 bits per heavy atom. The van der Waals surface area contributed by atoms with E-state index in [1.807, 2.05) is 6.08 Å². The van der Waals surface area contributed by atoms with Crippen LogP contribution in [0, 0.1) is 0 Å². The summed E-state index contributed by atoms with van der Waals surface area (Å²) in [5.41, 5.74) is 0. The van der Waals surface area contributed by atoms with Gasteiger partial charge in [0.05, 0.1) is 6.42 Å². The minimum atomic E-state index is -0.762. The molecule has 0 bridgehead atoms. The van der Waals surface area contributed by atoms with Gasteiger partial charge < -0.3 is 10.2 Å². The van der Waals surface area contributed by atoms with Crippen molar-refractivity contribution in [2.45, 2.75) is 96.3 Å². The first kappa shape index (κ1) is 21.7. The summed E-state index contributed by atoms with van der Waals surface area (Å²) in [4.78, 5) is 20.6. The molecule has 0 rings (SSSR count). The predicted octanol–water partition coefficient (Wildman–Crippen LogP) is 5.56. The number of rotatable bonds is 17. The molecule has 134 valence electrons. The van der Waals surface area contributed by atoms with Gasteiger partial charge in [0.25, 0.3) is 0 Å². The van der Waals surface area contributed by atoms with E-state index < -0.39 is 11.9 Å². The molecule has 0 aliphatic heterocycles. The summed E-state index contributed by atoms with van der Waals surface area (Å²) in [7, 11) is 0. The fourth-order valence-electron chi connectivity index (χ4n) is 2.61. The van der Waals surface area contributed by atoms with Crippen LogP contribution in [0.25, 0.3) is 0 Å². The van der Waals surface area contributed by atoms with Crippen molar-refractivity contribution in [2.75, 3.05) is 0 Å². The fourth-order valence-corrected chi connectivity index (χ4v) is 2.61. The highest BCUT2D eigenvalue weighted by Gasteiger charge is 1.97. The Hall–Kier alpha value is -1.32. The van der Waals surface area contributed by atoms with Crippen molar-refractivity contribution >= 4 is 11.9 Å². The van der Waals surface area contributed by atoms with E-state index in [0.29, 0.717) is 6.42 Å². The van der Waals surface area contributed by atoms with Crippen LogP contribution in [0.15, 0.2) is 12.2 Å². The van der Waals surface area contributed by atoms with Gasteiger partial charge in [-0.15, -0.1) is 0 Å². The molecule has 0 aromatic carbocycles. The van der Waals surface area contributed by atoms with Gasteiger partial charge in [-0.2, -0.15) is 0 Å². The lowest BCUT2D eigenvalue weighted by atomic mass is 10.0. The lowest BCUT2D eigenvalue weighted by Crippen LogP contribution is -1.93. The van der Waals surface area contributed by atoms with Crippen molar-refractivity contribution < 1.29 is 19.8 Å². The molecule has 0 amide bonds. The Morgan fingerprint density at radius 2 is 1.00 bits per heavy atom. The fraction of sp³-hybridized carbons (Fsp3) is 0.789. The van der Waals surface area contributed by atoms with Gasteiger partial charge >= 0.3 is 11.9 Å². The Balaban J connectivity index is 3.06. The van der Waals surface area contributed by atoms with Crippen molar-refractivity contribution in [2.24, 2.45) is 0 Å². The van der Waals surface area contributed by atoms with Crippen LogP contribution in [0.4, 0.5) is 0 Å². The average molecular weight is 326 g/mol. The maximum Gasteiger partial charge on any atom is 0.307 e. The number of carboxylic acid groups (broad SMARTS) is 2. The van der Waals surface area contributed by atoms with Gasteiger partial charge in [0.15, 0.2) is 0 Å². The highest BCUT2D eigenvalue weighted by atomic mass is 16.4. The van der Waals surface area contributed by atoms with E-state index >= 15 is 0 Å². The zero-order valence-electron chi connectivity index (χ0n) is 14.5. The van der Waals surface area contributed by atoms with E-state index in [-0.39, 0.29) is 6.42 Å². The molecule has 4 heteroatoms. The topological polar surface area (TPSA) is 74.6 Å². The molecule has 0 spiro atoms. The van der Waals surface area contributed by atoms with Gasteiger partial charge in [0, 0.05) is 6.42 Å². The molecule has 0 saturated heterocycles. The van der Waals surface area contributed by atoms with E-state index in [1.54, 1.807) is 6.08 Å². The second kappa shape index (κ2) is 17.0. The SMILES string of the molecule is O=C(O)C/C=C/CCCCCCCCCCCCCCC(=O)O. The molecule has 4 nitrogen and oxygen atoms in total. The van der Waals surface area contributed by atoms with Gasteiger partial charge in [-0.1, -0.05) is 76.4 Å². The van der Waals surface area contributed by atoms with E-state index in [2.05, 4.69) is 0 Å². The van der Waals surface area contributed by atoms with Crippen LogP contribution in [-0.2, 0) is 9.59 Å². The Labute approximate surface area is 141 Å². The van der Waals surface area contributed by atoms with Crippen LogP contribution in [0.3, 0.4) is 0 Å². The van der Waals surface area contributed by atoms with Gasteiger partial charge in [-0.25, -0.2) is 0 Å². The molecule has 0 aromatic rings. The minimum absolute atomic E-state index is 0.138. The highest BCUT2D eigenvalue weighted by molar-refractivity contribution is 5.68. The maximum absolute atomic E-state index is 10.3. The molecule has 23 heavy (non-hydrogen) atoms. The van der Waals surface area contributed by atoms with Crippen LogP contribution < -0.4 is 0 Å². The third kappa shape index (κ3) is 20.7. The lowest BCUT2D eigenvalue weighted by molar-refractivity contribution is -0.137. The maximum atomic E-state index is 10.3. The number of unbranched alkanes of at least 4 members (excludes halogenated alkanes) is 12. The smallest absolute Gasteiger partial charge is 0.307 e. The quantitative estimate of drug-likeness (QED) is 0.271. The van der Waals surface area contributed by atoms with Crippen molar-refractivity contribution in [1.82, 2.24) is 0 Å². The Morgan fingerprint density at radius 3 is 1.43 bits per heavy atom. The molecule has 0 atom stereocenters. The number of hydrogen-bond donors (Lipinski definition) is 2. The number of hydrogen-bond acceptors (Lipinski definition) is 2. The Bertz CT molecular complexity index is 323. The van der Waals surface area contributed by atoms with Gasteiger partial charge in [0.2, 0.25) is 0 Å². The second-order valence-electron chi connectivity index (χ2n) is 6.24. The number of carbonyl (C=O) groups is 2. The molecular formula is C19H34O4. The van der Waals surface area contributed by atoms with Crippen LogP contribution in [0.1, 0.15) is 96.3 Å². The summed E-state index contributed by atoms with van der Waals surface area (Å²) in [6.07, 6.45) is 19.6. The van der Waals surface area contributed by atoms with E-state index in [9.17, 15) is 9.59 Å². The summed E-state index contributed by atoms with van der Waals surface area (Å²) in [5, 5.41) is 17.0. The molecule has 0 unspecified atom stereocenters. The van der Waals surface area contributed by atoms with Gasteiger partial charge in [0.1, 0.15) is 0 Å². The number of allylic oxidation sites excluding steroid dienone is 1. The minimum Gasteiger partial charge on any atom is -0.481 e. The molecular weight excluding hydrogens is 292 g/mol. The van der Waals surface area contributed by atoms with Crippen LogP contribution in [0.2, 0.25) is 0 Å². The summed E-state index contributed by atoms with van der Waals surface area (Å²) in [6.45, 7) is 0. The van der Waals surface area contributed by atoms with Crippen molar-refractivity contribution in [3.05, 3.63) is 12.2 Å². The van der Waals surface area contributed by atoms with Crippen LogP contribution in [-0.4, -0.2) is 22.2 Å². The second-order valence-corrected chi connectivity index (χ2v) is 6.24. The molecule has 0 fully saturated rings. The average Bonchev–Trinajstić information content (AvgIpc) is 2.49. The van der Waals surface area contributed by atoms with E-state index in [1.165, 1.54) is 57.8 Å². The van der Waals surface area contributed by atoms with Crippen molar-refractivity contribution in [3.8, 4) is 0 Å². The first-order valence-electron chi connectivity index (χ1n) is 9.21. The largest absolute Gasteiger partial charge is 0.481 e. The first-order chi connectivity index (χ1) is 11.1. The molecule has 0 saturated carbocycles. The summed E-state index contributed by atoms with van der Waals surface area (Å²) in [5.74, 6) is -1.44. The molecule has 0 heterocycles. The van der Waals surface area contributed by atoms with Gasteiger partial charge in [-0.3, -0.25) is 9.59 Å². The third-order valence-corrected chi connectivity index (χ3v) is 3.97. The molecule has 2 N–H and O–H groups in total. The zero-order valence-corrected chi connectivity index (χ0v) is 14.5. The predicted molar refractivity (Wildman–Crippen MR) is 93.7 cm³/mol. The monoisotopic (exact) mass is 326 g/mol. The Kier molecular flexibility index (Phi) is 16.1. The number of aliphatic carboxylic acids is 2. The first-order valence-corrected chi connectivity index (χ1v) is 9.21. The standard InChI is InChI=1S/C19H34O4/c20-18(21)16-14-12-10-8-6-4-2-1-3-5-7-9-11-13-15-17-19(22)23/h12,14H,1-11,13,15-17H2,(H,20,21)(H,22,23)/b14-12+. The lowest BCUT2D eigenvalue weighted by Gasteiger charge is -2.02. The van der Waals surface area contributed by atoms with Crippen LogP contribution in [0.5, 0.6) is 0 Å². The summed E-state index contributed by atoms with van der Waals surface area (Å²) >= 11 is 0. The third-order valence-electron chi connectivity index (χ3n) is 3.97. The molecule has 0 radical (unpaired) electrons. The summed E-state index contributed by atoms with van der Waals surface area (Å²) in [6, 6.07) is 0. The molecule has 0 aliphatic carbocycles. The summed E-state index contributed by atoms with van der Waals surface area (Å²) < 4.78 is 0. The highest BCUT2D eigenvalue weighted by Crippen LogP contribution is 2.13. The molecule has 0 aromatic heterocycles. The van der Waals surface area contributed by atoms with Crippen LogP contribution >= 0.6 is 0 Å². The van der Waals surface area contributed by atoms with E-state index in [0.717, 1.165) is 25.7 Å². The van der Waals surface area contributed by atoms with Crippen molar-refractivity contribution in [1.29, 1.82) is 0 Å². The zero-order chi connectivity index (χ0) is 17.2. The normalized spacial score (nSPS) is 11.1. The number of carboxylic acids is 2. The van der Waals surface area contributed by atoms with Crippen molar-refractivity contribution in [3.63, 3.8) is 0 Å². The molecule has 0 aliphatic rings. The van der Waals surface area contributed by atoms with E-state index in [4.69, 9.17) is 10.2 Å².